The lowest BCUT2D eigenvalue weighted by atomic mass is 10.0. The molecule has 0 saturated carbocycles. The molecule has 4 rings (SSSR count). The van der Waals surface area contributed by atoms with Crippen LogP contribution in [0.5, 0.6) is 0 Å². The molecule has 0 aliphatic heterocycles. The number of fused-ring (bicyclic) bond motifs is 1. The Morgan fingerprint density at radius 2 is 1.79 bits per heavy atom. The van der Waals surface area contributed by atoms with Crippen LogP contribution in [0.4, 0.5) is 4.79 Å². The first-order chi connectivity index (χ1) is 14.2. The van der Waals surface area contributed by atoms with Crippen LogP contribution >= 0.6 is 15.9 Å². The highest BCUT2D eigenvalue weighted by Gasteiger charge is 2.05. The Morgan fingerprint density at radius 1 is 1.00 bits per heavy atom. The van der Waals surface area contributed by atoms with Gasteiger partial charge in [0.25, 0.3) is 0 Å². The minimum atomic E-state index is -0.429. The maximum absolute atomic E-state index is 11.8. The van der Waals surface area contributed by atoms with E-state index in [1.54, 1.807) is 0 Å². The first-order valence-corrected chi connectivity index (χ1v) is 10.1. The zero-order valence-electron chi connectivity index (χ0n) is 15.7. The number of ether oxygens (including phenoxy) is 1. The molecule has 5 nitrogen and oxygen atoms in total. The second-order valence-electron chi connectivity index (χ2n) is 6.69. The van der Waals surface area contributed by atoms with E-state index in [0.717, 1.165) is 21.2 Å². The van der Waals surface area contributed by atoms with Crippen molar-refractivity contribution in [3.63, 3.8) is 0 Å². The fourth-order valence-electron chi connectivity index (χ4n) is 3.08. The van der Waals surface area contributed by atoms with Crippen molar-refractivity contribution in [3.05, 3.63) is 89.2 Å². The molecule has 1 N–H and O–H groups in total. The van der Waals surface area contributed by atoms with Gasteiger partial charge in [-0.15, -0.1) is 0 Å². The predicted octanol–water partition coefficient (Wildman–Crippen LogP) is 5.39. The SMILES string of the molecule is O=C(NCCn1cc(-c2ccc3cc(Br)ccc3c2)cn1)OCc1ccccc1. The van der Waals surface area contributed by atoms with Gasteiger partial charge in [0.1, 0.15) is 6.61 Å². The molecule has 0 saturated heterocycles. The smallest absolute Gasteiger partial charge is 0.407 e. The molecule has 29 heavy (non-hydrogen) atoms. The fourth-order valence-corrected chi connectivity index (χ4v) is 3.46. The summed E-state index contributed by atoms with van der Waals surface area (Å²) in [5.74, 6) is 0. The number of halogens is 1. The Balaban J connectivity index is 1.30. The van der Waals surface area contributed by atoms with E-state index in [4.69, 9.17) is 4.74 Å². The highest BCUT2D eigenvalue weighted by atomic mass is 79.9. The highest BCUT2D eigenvalue weighted by molar-refractivity contribution is 9.10. The number of carbonyl (C=O) groups is 1. The standard InChI is InChI=1S/C23H20BrN3O2/c24-22-9-8-18-12-19(6-7-20(18)13-22)21-14-26-27(15-21)11-10-25-23(28)29-16-17-4-2-1-3-5-17/h1-9,12-15H,10-11,16H2,(H,25,28). The largest absolute Gasteiger partial charge is 0.445 e. The molecule has 1 amide bonds. The molecular formula is C23H20BrN3O2. The number of nitrogens with one attached hydrogen (secondary N) is 1. The molecule has 1 aromatic heterocycles. The fraction of sp³-hybridized carbons (Fsp3) is 0.130. The van der Waals surface area contributed by atoms with Gasteiger partial charge < -0.3 is 10.1 Å². The number of hydrogen-bond donors (Lipinski definition) is 1. The number of nitrogens with zero attached hydrogens (tertiary/aromatic N) is 2. The third-order valence-electron chi connectivity index (χ3n) is 4.59. The van der Waals surface area contributed by atoms with E-state index in [0.29, 0.717) is 13.1 Å². The van der Waals surface area contributed by atoms with Crippen LogP contribution in [0, 0.1) is 0 Å². The molecule has 0 spiro atoms. The molecule has 0 radical (unpaired) electrons. The number of hydrogen-bond acceptors (Lipinski definition) is 3. The Bertz CT molecular complexity index is 1130. The summed E-state index contributed by atoms with van der Waals surface area (Å²) >= 11 is 3.50. The van der Waals surface area contributed by atoms with Crippen LogP contribution in [0.1, 0.15) is 5.56 Å². The number of aromatic nitrogens is 2. The molecule has 0 aliphatic rings. The van der Waals surface area contributed by atoms with Gasteiger partial charge >= 0.3 is 6.09 Å². The summed E-state index contributed by atoms with van der Waals surface area (Å²) < 4.78 is 8.09. The average Bonchev–Trinajstić information content (AvgIpc) is 3.21. The quantitative estimate of drug-likeness (QED) is 0.429. The number of benzene rings is 3. The van der Waals surface area contributed by atoms with Gasteiger partial charge in [-0.25, -0.2) is 4.79 Å². The van der Waals surface area contributed by atoms with Crippen molar-refractivity contribution in [1.82, 2.24) is 15.1 Å². The highest BCUT2D eigenvalue weighted by Crippen LogP contribution is 2.26. The summed E-state index contributed by atoms with van der Waals surface area (Å²) in [6.07, 6.45) is 3.40. The number of carbonyl (C=O) groups excluding carboxylic acids is 1. The summed E-state index contributed by atoms with van der Waals surface area (Å²) in [5.41, 5.74) is 3.12. The Labute approximate surface area is 177 Å². The average molecular weight is 450 g/mol. The molecule has 0 unspecified atom stereocenters. The summed E-state index contributed by atoms with van der Waals surface area (Å²) in [6, 6.07) is 22.2. The lowest BCUT2D eigenvalue weighted by Crippen LogP contribution is -2.27. The van der Waals surface area contributed by atoms with Crippen LogP contribution in [0.2, 0.25) is 0 Å². The van der Waals surface area contributed by atoms with Crippen LogP contribution < -0.4 is 5.32 Å². The number of alkyl carbamates (subject to hydrolysis) is 1. The zero-order chi connectivity index (χ0) is 20.1. The summed E-state index contributed by atoms with van der Waals surface area (Å²) in [6.45, 7) is 1.28. The predicted molar refractivity (Wildman–Crippen MR) is 117 cm³/mol. The van der Waals surface area contributed by atoms with Gasteiger partial charge in [0.2, 0.25) is 0 Å². The third-order valence-corrected chi connectivity index (χ3v) is 5.09. The van der Waals surface area contributed by atoms with E-state index < -0.39 is 6.09 Å². The van der Waals surface area contributed by atoms with Crippen LogP contribution in [0.3, 0.4) is 0 Å². The van der Waals surface area contributed by atoms with Crippen molar-refractivity contribution in [3.8, 4) is 11.1 Å². The molecular weight excluding hydrogens is 430 g/mol. The van der Waals surface area contributed by atoms with E-state index >= 15 is 0 Å². The molecule has 0 atom stereocenters. The van der Waals surface area contributed by atoms with Crippen molar-refractivity contribution in [2.75, 3.05) is 6.54 Å². The maximum atomic E-state index is 11.8. The van der Waals surface area contributed by atoms with Crippen LogP contribution in [-0.4, -0.2) is 22.4 Å². The maximum Gasteiger partial charge on any atom is 0.407 e. The third kappa shape index (κ3) is 5.03. The van der Waals surface area contributed by atoms with Gasteiger partial charge in [-0.05, 0) is 40.1 Å². The summed E-state index contributed by atoms with van der Waals surface area (Å²) in [5, 5.41) is 9.52. The van der Waals surface area contributed by atoms with Crippen LogP contribution in [-0.2, 0) is 17.9 Å². The van der Waals surface area contributed by atoms with Gasteiger partial charge in [0.15, 0.2) is 0 Å². The van der Waals surface area contributed by atoms with Gasteiger partial charge in [-0.2, -0.15) is 5.10 Å². The van der Waals surface area contributed by atoms with E-state index in [2.05, 4.69) is 56.7 Å². The molecule has 4 aromatic rings. The minimum absolute atomic E-state index is 0.261. The second kappa shape index (κ2) is 8.92. The van der Waals surface area contributed by atoms with Gasteiger partial charge in [0, 0.05) is 22.8 Å². The van der Waals surface area contributed by atoms with Gasteiger partial charge in [0.05, 0.1) is 12.7 Å². The summed E-state index contributed by atoms with van der Waals surface area (Å²) in [4.78, 5) is 11.8. The molecule has 6 heteroatoms. The Kier molecular flexibility index (Phi) is 5.91. The van der Waals surface area contributed by atoms with Crippen LogP contribution in [0.15, 0.2) is 83.6 Å². The van der Waals surface area contributed by atoms with Crippen molar-refractivity contribution in [1.29, 1.82) is 0 Å². The molecule has 0 bridgehead atoms. The normalized spacial score (nSPS) is 10.8. The molecule has 0 fully saturated rings. The first kappa shape index (κ1) is 19.2. The Morgan fingerprint density at radius 3 is 2.66 bits per heavy atom. The number of amides is 1. The molecule has 3 aromatic carbocycles. The van der Waals surface area contributed by atoms with Gasteiger partial charge in [-0.1, -0.05) is 64.5 Å². The lowest BCUT2D eigenvalue weighted by Gasteiger charge is -2.07. The van der Waals surface area contributed by atoms with Gasteiger partial charge in [-0.3, -0.25) is 4.68 Å². The van der Waals surface area contributed by atoms with E-state index in [1.807, 2.05) is 53.5 Å². The number of rotatable bonds is 6. The topological polar surface area (TPSA) is 56.2 Å². The van der Waals surface area contributed by atoms with E-state index in [1.165, 1.54) is 10.8 Å². The van der Waals surface area contributed by atoms with Crippen molar-refractivity contribution in [2.45, 2.75) is 13.2 Å². The molecule has 0 aliphatic carbocycles. The first-order valence-electron chi connectivity index (χ1n) is 9.34. The second-order valence-corrected chi connectivity index (χ2v) is 7.60. The van der Waals surface area contributed by atoms with E-state index in [-0.39, 0.29) is 6.61 Å². The van der Waals surface area contributed by atoms with E-state index in [9.17, 15) is 4.79 Å². The Hall–Kier alpha value is -3.12. The summed E-state index contributed by atoms with van der Waals surface area (Å²) in [7, 11) is 0. The van der Waals surface area contributed by atoms with Crippen molar-refractivity contribution >= 4 is 32.8 Å². The zero-order valence-corrected chi connectivity index (χ0v) is 17.3. The van der Waals surface area contributed by atoms with Crippen LogP contribution in [0.25, 0.3) is 21.9 Å². The molecule has 146 valence electrons. The lowest BCUT2D eigenvalue weighted by molar-refractivity contribution is 0.139. The monoisotopic (exact) mass is 449 g/mol. The van der Waals surface area contributed by atoms with Crippen molar-refractivity contribution in [2.24, 2.45) is 0 Å². The molecule has 1 heterocycles. The minimum Gasteiger partial charge on any atom is -0.445 e. The van der Waals surface area contributed by atoms with Crippen molar-refractivity contribution < 1.29 is 9.53 Å².